The second-order valence-corrected chi connectivity index (χ2v) is 4.12. The van der Waals surface area contributed by atoms with E-state index in [0.29, 0.717) is 11.8 Å². The maximum atomic E-state index is 13.6. The van der Waals surface area contributed by atoms with Crippen LogP contribution in [0.5, 0.6) is 0 Å². The van der Waals surface area contributed by atoms with Crippen molar-refractivity contribution < 1.29 is 22.0 Å². The molecule has 6 heteroatoms. The zero-order valence-corrected chi connectivity index (χ0v) is 9.75. The van der Waals surface area contributed by atoms with E-state index in [1.165, 1.54) is 6.26 Å². The molecule has 0 bridgehead atoms. The van der Waals surface area contributed by atoms with Gasteiger partial charge in [0.05, 0.1) is 11.8 Å². The topological polar surface area (TPSA) is 39.2 Å². The van der Waals surface area contributed by atoms with Gasteiger partial charge < -0.3 is 10.2 Å². The highest BCUT2D eigenvalue weighted by Crippen LogP contribution is 2.32. The SMILES string of the molecule is NC(Cc1ccco1)c1cc(C(F)(F)F)ccc1F. The Morgan fingerprint density at radius 3 is 2.53 bits per heavy atom. The van der Waals surface area contributed by atoms with Gasteiger partial charge in [0.15, 0.2) is 0 Å². The van der Waals surface area contributed by atoms with Crippen molar-refractivity contribution in [3.8, 4) is 0 Å². The summed E-state index contributed by atoms with van der Waals surface area (Å²) < 4.78 is 56.3. The predicted molar refractivity (Wildman–Crippen MR) is 60.7 cm³/mol. The van der Waals surface area contributed by atoms with Crippen LogP contribution >= 0.6 is 0 Å². The van der Waals surface area contributed by atoms with E-state index in [1.54, 1.807) is 12.1 Å². The lowest BCUT2D eigenvalue weighted by molar-refractivity contribution is -0.137. The first kappa shape index (κ1) is 13.6. The van der Waals surface area contributed by atoms with Gasteiger partial charge in [0.25, 0.3) is 0 Å². The van der Waals surface area contributed by atoms with Crippen LogP contribution < -0.4 is 5.73 Å². The molecule has 0 aliphatic heterocycles. The molecule has 0 radical (unpaired) electrons. The van der Waals surface area contributed by atoms with E-state index in [9.17, 15) is 17.6 Å². The second kappa shape index (κ2) is 5.05. The van der Waals surface area contributed by atoms with Crippen molar-refractivity contribution in [1.82, 2.24) is 0 Å². The minimum Gasteiger partial charge on any atom is -0.469 e. The second-order valence-electron chi connectivity index (χ2n) is 4.12. The Morgan fingerprint density at radius 1 is 1.21 bits per heavy atom. The molecule has 2 aromatic rings. The number of hydrogen-bond donors (Lipinski definition) is 1. The summed E-state index contributed by atoms with van der Waals surface area (Å²) in [7, 11) is 0. The van der Waals surface area contributed by atoms with Gasteiger partial charge in [-0.2, -0.15) is 13.2 Å². The van der Waals surface area contributed by atoms with Crippen molar-refractivity contribution in [2.24, 2.45) is 5.73 Å². The van der Waals surface area contributed by atoms with Crippen LogP contribution in [-0.4, -0.2) is 0 Å². The molecular weight excluding hydrogens is 262 g/mol. The Balaban J connectivity index is 2.28. The summed E-state index contributed by atoms with van der Waals surface area (Å²) in [5, 5.41) is 0. The molecule has 1 aromatic heterocycles. The minimum atomic E-state index is -4.52. The normalized spacial score (nSPS) is 13.5. The number of benzene rings is 1. The number of nitrogens with two attached hydrogens (primary N) is 1. The van der Waals surface area contributed by atoms with Gasteiger partial charge in [0.2, 0.25) is 0 Å². The highest BCUT2D eigenvalue weighted by atomic mass is 19.4. The van der Waals surface area contributed by atoms with Crippen LogP contribution in [0.25, 0.3) is 0 Å². The number of hydrogen-bond acceptors (Lipinski definition) is 2. The van der Waals surface area contributed by atoms with Gasteiger partial charge >= 0.3 is 6.18 Å². The maximum Gasteiger partial charge on any atom is 0.416 e. The van der Waals surface area contributed by atoms with Crippen LogP contribution in [0, 0.1) is 5.82 Å². The molecule has 0 fully saturated rings. The quantitative estimate of drug-likeness (QED) is 0.866. The van der Waals surface area contributed by atoms with Crippen molar-refractivity contribution in [3.05, 3.63) is 59.3 Å². The van der Waals surface area contributed by atoms with Crippen molar-refractivity contribution >= 4 is 0 Å². The van der Waals surface area contributed by atoms with E-state index in [0.717, 1.165) is 12.1 Å². The number of furan rings is 1. The van der Waals surface area contributed by atoms with E-state index in [1.807, 2.05) is 0 Å². The summed E-state index contributed by atoms with van der Waals surface area (Å²) in [5.41, 5.74) is 4.64. The molecule has 0 amide bonds. The van der Waals surface area contributed by atoms with Gasteiger partial charge in [0, 0.05) is 18.0 Å². The lowest BCUT2D eigenvalue weighted by Crippen LogP contribution is -2.16. The molecule has 0 aliphatic carbocycles. The van der Waals surface area contributed by atoms with E-state index in [-0.39, 0.29) is 12.0 Å². The molecule has 1 heterocycles. The molecule has 1 unspecified atom stereocenters. The zero-order valence-electron chi connectivity index (χ0n) is 9.75. The van der Waals surface area contributed by atoms with Gasteiger partial charge in [-0.15, -0.1) is 0 Å². The fraction of sp³-hybridized carbons (Fsp3) is 0.231. The van der Waals surface area contributed by atoms with Crippen LogP contribution in [0.2, 0.25) is 0 Å². The first-order chi connectivity index (χ1) is 8.88. The summed E-state index contributed by atoms with van der Waals surface area (Å²) in [6.07, 6.45) is -2.97. The lowest BCUT2D eigenvalue weighted by Gasteiger charge is -2.14. The van der Waals surface area contributed by atoms with Crippen LogP contribution in [0.4, 0.5) is 17.6 Å². The average Bonchev–Trinajstić information content (AvgIpc) is 2.80. The molecule has 1 aromatic carbocycles. The molecule has 0 spiro atoms. The largest absolute Gasteiger partial charge is 0.469 e. The summed E-state index contributed by atoms with van der Waals surface area (Å²) >= 11 is 0. The molecule has 2 nitrogen and oxygen atoms in total. The van der Waals surface area contributed by atoms with Gasteiger partial charge in [-0.05, 0) is 30.3 Å². The summed E-state index contributed by atoms with van der Waals surface area (Å²) in [6.45, 7) is 0. The molecule has 2 N–H and O–H groups in total. The maximum absolute atomic E-state index is 13.6. The van der Waals surface area contributed by atoms with Crippen LogP contribution in [0.1, 0.15) is 22.9 Å². The Hall–Kier alpha value is -1.82. The number of halogens is 4. The third kappa shape index (κ3) is 3.14. The monoisotopic (exact) mass is 273 g/mol. The molecule has 1 atom stereocenters. The van der Waals surface area contributed by atoms with Crippen molar-refractivity contribution in [2.75, 3.05) is 0 Å². The zero-order chi connectivity index (χ0) is 14.0. The molecule has 102 valence electrons. The van der Waals surface area contributed by atoms with Crippen molar-refractivity contribution in [1.29, 1.82) is 0 Å². The molecule has 0 saturated carbocycles. The van der Waals surface area contributed by atoms with E-state index in [2.05, 4.69) is 0 Å². The Morgan fingerprint density at radius 2 is 1.95 bits per heavy atom. The Labute approximate surface area is 106 Å². The van der Waals surface area contributed by atoms with Gasteiger partial charge in [-0.3, -0.25) is 0 Å². The highest BCUT2D eigenvalue weighted by molar-refractivity contribution is 5.30. The van der Waals surface area contributed by atoms with Gasteiger partial charge in [0.1, 0.15) is 11.6 Å². The van der Waals surface area contributed by atoms with E-state index < -0.39 is 23.6 Å². The van der Waals surface area contributed by atoms with E-state index in [4.69, 9.17) is 10.2 Å². The van der Waals surface area contributed by atoms with Crippen LogP contribution in [0.3, 0.4) is 0 Å². The summed E-state index contributed by atoms with van der Waals surface area (Å²) in [6, 6.07) is 4.57. The average molecular weight is 273 g/mol. The molecule has 2 rings (SSSR count). The third-order valence-electron chi connectivity index (χ3n) is 2.72. The third-order valence-corrected chi connectivity index (χ3v) is 2.72. The predicted octanol–water partition coefficient (Wildman–Crippen LogP) is 3.68. The van der Waals surface area contributed by atoms with Crippen molar-refractivity contribution in [2.45, 2.75) is 18.6 Å². The van der Waals surface area contributed by atoms with Crippen molar-refractivity contribution in [3.63, 3.8) is 0 Å². The van der Waals surface area contributed by atoms with Gasteiger partial charge in [-0.1, -0.05) is 0 Å². The minimum absolute atomic E-state index is 0.130. The lowest BCUT2D eigenvalue weighted by atomic mass is 10.00. The fourth-order valence-corrected chi connectivity index (χ4v) is 1.76. The molecule has 19 heavy (non-hydrogen) atoms. The first-order valence-electron chi connectivity index (χ1n) is 5.52. The van der Waals surface area contributed by atoms with Crippen LogP contribution in [-0.2, 0) is 12.6 Å². The van der Waals surface area contributed by atoms with Gasteiger partial charge in [-0.25, -0.2) is 4.39 Å². The summed E-state index contributed by atoms with van der Waals surface area (Å²) in [4.78, 5) is 0. The van der Waals surface area contributed by atoms with Crippen LogP contribution in [0.15, 0.2) is 41.0 Å². The molecule has 0 saturated heterocycles. The first-order valence-corrected chi connectivity index (χ1v) is 5.52. The Bertz CT molecular complexity index is 548. The van der Waals surface area contributed by atoms with E-state index >= 15 is 0 Å². The summed E-state index contributed by atoms with van der Waals surface area (Å²) in [5.74, 6) is -0.267. The smallest absolute Gasteiger partial charge is 0.416 e. The highest BCUT2D eigenvalue weighted by Gasteiger charge is 2.31. The number of alkyl halides is 3. The molecular formula is C13H11F4NO. The molecule has 0 aliphatic rings. The fourth-order valence-electron chi connectivity index (χ4n) is 1.76. The Kier molecular flexibility index (Phi) is 3.61. The standard InChI is InChI=1S/C13H11F4NO/c14-11-4-3-8(13(15,16)17)6-10(11)12(18)7-9-2-1-5-19-9/h1-6,12H,7,18H2. The number of rotatable bonds is 3.